The van der Waals surface area contributed by atoms with Crippen molar-refractivity contribution in [3.8, 4) is 0 Å². The molecule has 0 radical (unpaired) electrons. The van der Waals surface area contributed by atoms with Gasteiger partial charge in [-0.3, -0.25) is 4.99 Å². The monoisotopic (exact) mass is 1250 g/mol. The van der Waals surface area contributed by atoms with E-state index in [0.717, 1.165) is 174 Å². The quantitative estimate of drug-likeness (QED) is 0.121. The van der Waals surface area contributed by atoms with E-state index < -0.39 is 0 Å². The highest BCUT2D eigenvalue weighted by Crippen LogP contribution is 2.40. The van der Waals surface area contributed by atoms with Crippen molar-refractivity contribution >= 4 is 90.9 Å². The van der Waals surface area contributed by atoms with Gasteiger partial charge in [-0.2, -0.15) is 10.2 Å². The van der Waals surface area contributed by atoms with Crippen molar-refractivity contribution in [2.75, 3.05) is 73.7 Å². The zero-order chi connectivity index (χ0) is 56.0. The van der Waals surface area contributed by atoms with Crippen LogP contribution in [0.5, 0.6) is 0 Å². The minimum Gasteiger partial charge on any atom is -0.356 e. The van der Waals surface area contributed by atoms with Crippen LogP contribution in [0, 0.1) is 19.9 Å². The first-order valence-electron chi connectivity index (χ1n) is 29.6. The number of nitrogens with two attached hydrogens (primary N) is 1. The highest BCUT2D eigenvalue weighted by molar-refractivity contribution is 14.1. The summed E-state index contributed by atoms with van der Waals surface area (Å²) in [5, 5.41) is 11.5. The van der Waals surface area contributed by atoms with Crippen molar-refractivity contribution in [2.45, 2.75) is 158 Å². The lowest BCUT2D eigenvalue weighted by Gasteiger charge is -2.39. The fraction of sp³-hybridized carbons (Fsp3) is 0.557. The smallest absolute Gasteiger partial charge is 0.182 e. The van der Waals surface area contributed by atoms with Crippen LogP contribution < -0.4 is 20.4 Å². The second-order valence-electron chi connectivity index (χ2n) is 23.7. The molecule has 0 amide bonds. The molecule has 2 N–H and O–H groups in total. The van der Waals surface area contributed by atoms with E-state index in [1.165, 1.54) is 49.8 Å². The van der Waals surface area contributed by atoms with Crippen LogP contribution in [0.3, 0.4) is 0 Å². The molecule has 0 spiro atoms. The van der Waals surface area contributed by atoms with Crippen molar-refractivity contribution in [3.05, 3.63) is 94.3 Å². The molecule has 11 heterocycles. The summed E-state index contributed by atoms with van der Waals surface area (Å²) in [4.78, 5) is 43.2. The lowest BCUT2D eigenvalue weighted by Crippen LogP contribution is -2.42. The van der Waals surface area contributed by atoms with Crippen LogP contribution >= 0.6 is 46.1 Å². The van der Waals surface area contributed by atoms with Crippen molar-refractivity contribution in [1.29, 1.82) is 0 Å². The van der Waals surface area contributed by atoms with E-state index >= 15 is 0 Å². The average molecular weight is 1250 g/mol. The summed E-state index contributed by atoms with van der Waals surface area (Å²) in [6, 6.07) is 20.6. The Kier molecular flexibility index (Phi) is 18.5. The predicted octanol–water partition coefficient (Wildman–Crippen LogP) is 12.9. The molecule has 17 nitrogen and oxygen atoms in total. The number of anilines is 3. The first kappa shape index (κ1) is 57.8. The minimum absolute atomic E-state index is 0.00550. The third kappa shape index (κ3) is 13.5. The molecule has 5 aromatic heterocycles. The average Bonchev–Trinajstić information content (AvgIpc) is 4.41. The lowest BCUT2D eigenvalue weighted by molar-refractivity contribution is -0.0376. The molecule has 0 saturated carbocycles. The van der Waals surface area contributed by atoms with Gasteiger partial charge < -0.3 is 29.9 Å². The van der Waals surface area contributed by atoms with E-state index in [4.69, 9.17) is 40.2 Å². The number of ether oxygens (including phenoxy) is 2. The first-order valence-corrected chi connectivity index (χ1v) is 32.3. The zero-order valence-corrected chi connectivity index (χ0v) is 51.8. The highest BCUT2D eigenvalue weighted by atomic mass is 127. The van der Waals surface area contributed by atoms with Gasteiger partial charge in [-0.05, 0) is 147 Å². The number of nitrogens with zero attached hydrogens (tertiary/aromatic N) is 14. The Balaban J connectivity index is 0.000000129. The molecule has 6 aliphatic rings. The highest BCUT2D eigenvalue weighted by Gasteiger charge is 2.34. The number of rotatable bonds is 11. The number of fused-ring (bicyclic) bond motifs is 3. The van der Waals surface area contributed by atoms with Crippen molar-refractivity contribution in [3.63, 3.8) is 0 Å². The fourth-order valence-electron chi connectivity index (χ4n) is 11.4. The normalized spacial score (nSPS) is 21.4. The van der Waals surface area contributed by atoms with Crippen LogP contribution in [0.2, 0.25) is 0 Å². The summed E-state index contributed by atoms with van der Waals surface area (Å²) in [6.07, 6.45) is 21.7. The van der Waals surface area contributed by atoms with Gasteiger partial charge in [-0.1, -0.05) is 107 Å². The number of halogens is 1. The van der Waals surface area contributed by atoms with Crippen LogP contribution in [-0.4, -0.2) is 114 Å². The van der Waals surface area contributed by atoms with Crippen LogP contribution in [-0.2, 0) is 16.0 Å². The van der Waals surface area contributed by atoms with Gasteiger partial charge in [0, 0.05) is 62.3 Å². The maximum Gasteiger partial charge on any atom is 0.182 e. The topological polar surface area (TPSA) is 180 Å². The first-order chi connectivity index (χ1) is 39.4. The molecule has 6 aliphatic heterocycles. The third-order valence-electron chi connectivity index (χ3n) is 18.0. The second-order valence-corrected chi connectivity index (χ2v) is 26.9. The van der Waals surface area contributed by atoms with E-state index in [9.17, 15) is 0 Å². The molecule has 5 fully saturated rings. The van der Waals surface area contributed by atoms with Crippen molar-refractivity contribution in [1.82, 2.24) is 49.5 Å². The molecule has 20 heteroatoms. The molecule has 430 valence electrons. The Hall–Kier alpha value is -5.00. The van der Waals surface area contributed by atoms with Crippen LogP contribution in [0.4, 0.5) is 17.5 Å². The van der Waals surface area contributed by atoms with E-state index in [1.807, 2.05) is 52.2 Å². The Morgan fingerprint density at radius 1 is 0.580 bits per heavy atom. The molecule has 2 unspecified atom stereocenters. The van der Waals surface area contributed by atoms with Crippen molar-refractivity contribution < 1.29 is 9.47 Å². The number of aromatic nitrogens is 10. The van der Waals surface area contributed by atoms with E-state index in [1.54, 1.807) is 23.5 Å². The summed E-state index contributed by atoms with van der Waals surface area (Å²) < 4.78 is 16.8. The van der Waals surface area contributed by atoms with Gasteiger partial charge in [0.2, 0.25) is 0 Å². The minimum atomic E-state index is -0.0596. The molecule has 2 aromatic carbocycles. The van der Waals surface area contributed by atoms with Crippen LogP contribution in [0.25, 0.3) is 22.3 Å². The molecular formula is C61H80IN15O2S2. The summed E-state index contributed by atoms with van der Waals surface area (Å²) in [6.45, 7) is 20.8. The number of benzene rings is 2. The van der Waals surface area contributed by atoms with E-state index in [0.29, 0.717) is 17.4 Å². The number of hydrogen-bond donors (Lipinski definition) is 1. The number of piperidine rings is 3. The van der Waals surface area contributed by atoms with Gasteiger partial charge in [-0.15, -0.1) is 0 Å². The maximum absolute atomic E-state index is 6.07. The van der Waals surface area contributed by atoms with Crippen LogP contribution in [0.15, 0.2) is 99.1 Å². The number of hydrogen-bond acceptors (Lipinski definition) is 17. The van der Waals surface area contributed by atoms with Gasteiger partial charge in [-0.25, -0.2) is 39.3 Å². The van der Waals surface area contributed by atoms with Gasteiger partial charge >= 0.3 is 0 Å². The summed E-state index contributed by atoms with van der Waals surface area (Å²) in [7, 11) is 0. The second kappa shape index (κ2) is 25.9. The molecule has 0 aliphatic carbocycles. The Labute approximate surface area is 500 Å². The predicted molar refractivity (Wildman–Crippen MR) is 334 cm³/mol. The molecule has 5 saturated heterocycles. The van der Waals surface area contributed by atoms with E-state index in [-0.39, 0.29) is 17.9 Å². The van der Waals surface area contributed by atoms with Gasteiger partial charge in [0.05, 0.1) is 30.8 Å². The lowest BCUT2D eigenvalue weighted by atomic mass is 9.78. The van der Waals surface area contributed by atoms with Crippen molar-refractivity contribution in [2.24, 2.45) is 27.0 Å². The number of thioether (sulfide) groups is 1. The summed E-state index contributed by atoms with van der Waals surface area (Å²) in [5.74, 6) is 2.90. The zero-order valence-electron chi connectivity index (χ0n) is 48.0. The van der Waals surface area contributed by atoms with Gasteiger partial charge in [0.1, 0.15) is 39.2 Å². The SMILES string of the molecule is CC1(CN)CCN(c2cnc3c(n2)CN=C3Sc2ccccc2)CC1.CCC1(C)CCN(c2cnc3c(I)nn(C4CCCCO4)c3n2)CC1.CCC1(C)CCN(c2cnc3c(Sc4ccccc4)nn(C4CCCCO4)c3n2)CC1. The standard InChI is InChI=1S/C24H31N5OS.C19H23N5S.C18H26IN5O/c1-3-24(2)12-14-28(15-13-24)19-17-25-21-22(26-19)29(20-11-7-8-16-30-20)27-23(21)31-18-9-5-4-6-10-18;1-19(13-20)7-9-24(10-8-19)16-12-21-17-15(23-16)11-22-18(17)25-14-5-3-2-4-6-14;1-3-18(2)7-9-23(10-8-18)13-12-20-15-16(19)22-24(17(15)21-13)14-6-4-5-11-25-14/h4-6,9-10,17,20H,3,7-8,11-16H2,1-2H3;2-6,12H,7-11,13,20H2,1H3;12,14H,3-11H2,1-2H3. The molecular weight excluding hydrogens is 1170 g/mol. The van der Waals surface area contributed by atoms with Gasteiger partial charge in [0.25, 0.3) is 0 Å². The largest absolute Gasteiger partial charge is 0.356 e. The Bertz CT molecular complexity index is 3230. The summed E-state index contributed by atoms with van der Waals surface area (Å²) in [5.41, 5.74) is 12.5. The molecule has 0 bridgehead atoms. The fourth-order valence-corrected chi connectivity index (χ4v) is 13.9. The Morgan fingerprint density at radius 2 is 1.05 bits per heavy atom. The van der Waals surface area contributed by atoms with E-state index in [2.05, 4.69) is 128 Å². The van der Waals surface area contributed by atoms with Crippen LogP contribution in [0.1, 0.15) is 148 Å². The summed E-state index contributed by atoms with van der Waals surface area (Å²) >= 11 is 5.55. The molecule has 2 atom stereocenters. The Morgan fingerprint density at radius 3 is 1.56 bits per heavy atom. The van der Waals surface area contributed by atoms with Gasteiger partial charge in [0.15, 0.2) is 32.5 Å². The third-order valence-corrected chi connectivity index (χ3v) is 20.7. The number of aliphatic imine (C=N–C) groups is 1. The molecule has 7 aromatic rings. The maximum atomic E-state index is 6.07. The molecule has 81 heavy (non-hydrogen) atoms. The molecule has 13 rings (SSSR count).